The summed E-state index contributed by atoms with van der Waals surface area (Å²) in [5, 5.41) is 16.0. The van der Waals surface area contributed by atoms with Crippen molar-refractivity contribution in [2.24, 2.45) is 0 Å². The minimum atomic E-state index is -0.218. The quantitative estimate of drug-likeness (QED) is 0.800. The Hall–Kier alpha value is -1.55. The summed E-state index contributed by atoms with van der Waals surface area (Å²) < 4.78 is 0. The molecule has 0 bridgehead atoms. The summed E-state index contributed by atoms with van der Waals surface area (Å²) in [7, 11) is 0. The summed E-state index contributed by atoms with van der Waals surface area (Å²) >= 11 is 0. The van der Waals surface area contributed by atoms with Crippen molar-refractivity contribution in [1.29, 1.82) is 0 Å². The summed E-state index contributed by atoms with van der Waals surface area (Å²) in [6.07, 6.45) is 7.44. The Morgan fingerprint density at radius 2 is 1.87 bits per heavy atom. The van der Waals surface area contributed by atoms with E-state index in [2.05, 4.69) is 41.8 Å². The summed E-state index contributed by atoms with van der Waals surface area (Å²) in [5.74, 6) is 0. The first-order chi connectivity index (χ1) is 11.1. The highest BCUT2D eigenvalue weighted by molar-refractivity contribution is 5.75. The van der Waals surface area contributed by atoms with Gasteiger partial charge in [-0.25, -0.2) is 4.79 Å². The van der Waals surface area contributed by atoms with Crippen molar-refractivity contribution in [3.8, 4) is 0 Å². The minimum absolute atomic E-state index is 0.0604. The Bertz CT molecular complexity index is 544. The second kappa shape index (κ2) is 6.91. The van der Waals surface area contributed by atoms with Crippen LogP contribution in [-0.2, 0) is 5.54 Å². The molecule has 2 saturated carbocycles. The van der Waals surface area contributed by atoms with Crippen LogP contribution in [0.5, 0.6) is 0 Å². The largest absolute Gasteiger partial charge is 0.393 e. The zero-order valence-corrected chi connectivity index (χ0v) is 14.0. The average Bonchev–Trinajstić information content (AvgIpc) is 2.99. The highest BCUT2D eigenvalue weighted by Gasteiger charge is 2.37. The van der Waals surface area contributed by atoms with Crippen molar-refractivity contribution < 1.29 is 9.90 Å². The zero-order chi connectivity index (χ0) is 16.3. The van der Waals surface area contributed by atoms with Crippen LogP contribution >= 0.6 is 0 Å². The van der Waals surface area contributed by atoms with Crippen LogP contribution in [0.15, 0.2) is 24.3 Å². The molecule has 2 aliphatic rings. The molecule has 126 valence electrons. The molecule has 3 rings (SSSR count). The molecule has 0 aromatic heterocycles. The summed E-state index contributed by atoms with van der Waals surface area (Å²) in [6, 6.07) is 8.63. The molecule has 1 aromatic rings. The lowest BCUT2D eigenvalue weighted by Gasteiger charge is -2.33. The van der Waals surface area contributed by atoms with Gasteiger partial charge in [0.2, 0.25) is 0 Å². The van der Waals surface area contributed by atoms with Crippen molar-refractivity contribution >= 4 is 6.03 Å². The number of aliphatic hydroxyl groups excluding tert-OH is 1. The molecule has 0 saturated heterocycles. The molecule has 0 unspecified atom stereocenters. The van der Waals surface area contributed by atoms with Crippen molar-refractivity contribution in [2.45, 2.75) is 76.0 Å². The third-order valence-electron chi connectivity index (χ3n) is 5.41. The standard InChI is InChI=1S/C19H28N2O2/c1-14-5-4-6-15(13-14)19(11-2-3-12-19)21-18(23)20-16-7-9-17(22)10-8-16/h4-6,13,16-17,22H,2-3,7-12H2,1H3,(H2,20,21,23). The molecule has 1 aromatic carbocycles. The van der Waals surface area contributed by atoms with Gasteiger partial charge in [-0.15, -0.1) is 0 Å². The average molecular weight is 316 g/mol. The molecule has 3 N–H and O–H groups in total. The van der Waals surface area contributed by atoms with Crippen molar-refractivity contribution in [1.82, 2.24) is 10.6 Å². The molecule has 0 atom stereocenters. The number of aryl methyl sites for hydroxylation is 1. The fourth-order valence-corrected chi connectivity index (χ4v) is 4.07. The van der Waals surface area contributed by atoms with E-state index in [0.29, 0.717) is 0 Å². The van der Waals surface area contributed by atoms with Gasteiger partial charge in [0.1, 0.15) is 0 Å². The number of carbonyl (C=O) groups is 1. The summed E-state index contributed by atoms with van der Waals surface area (Å²) in [5.41, 5.74) is 2.24. The van der Waals surface area contributed by atoms with E-state index in [4.69, 9.17) is 0 Å². The monoisotopic (exact) mass is 316 g/mol. The second-order valence-electron chi connectivity index (χ2n) is 7.26. The number of amides is 2. The number of hydrogen-bond donors (Lipinski definition) is 3. The van der Waals surface area contributed by atoms with E-state index in [0.717, 1.165) is 51.4 Å². The Balaban J connectivity index is 1.66. The van der Waals surface area contributed by atoms with Gasteiger partial charge < -0.3 is 15.7 Å². The SMILES string of the molecule is Cc1cccc(C2(NC(=O)NC3CCC(O)CC3)CCCC2)c1. The molecule has 2 aliphatic carbocycles. The molecule has 0 radical (unpaired) electrons. The molecule has 2 fully saturated rings. The van der Waals surface area contributed by atoms with Crippen LogP contribution in [0.4, 0.5) is 4.79 Å². The second-order valence-corrected chi connectivity index (χ2v) is 7.26. The first-order valence-electron chi connectivity index (χ1n) is 8.91. The number of nitrogens with one attached hydrogen (secondary N) is 2. The molecule has 0 spiro atoms. The Labute approximate surface area is 138 Å². The molecule has 4 heteroatoms. The van der Waals surface area contributed by atoms with E-state index >= 15 is 0 Å². The Kier molecular flexibility index (Phi) is 4.90. The molecule has 4 nitrogen and oxygen atoms in total. The van der Waals surface area contributed by atoms with Gasteiger partial charge in [-0.05, 0) is 51.0 Å². The molecular formula is C19H28N2O2. The van der Waals surface area contributed by atoms with Crippen LogP contribution in [0.3, 0.4) is 0 Å². The van der Waals surface area contributed by atoms with Crippen LogP contribution in [0, 0.1) is 6.92 Å². The number of carbonyl (C=O) groups excluding carboxylic acids is 1. The van der Waals surface area contributed by atoms with E-state index in [1.165, 1.54) is 11.1 Å². The van der Waals surface area contributed by atoms with Gasteiger partial charge in [0.15, 0.2) is 0 Å². The smallest absolute Gasteiger partial charge is 0.315 e. The van der Waals surface area contributed by atoms with Crippen molar-refractivity contribution in [2.75, 3.05) is 0 Å². The highest BCUT2D eigenvalue weighted by atomic mass is 16.3. The highest BCUT2D eigenvalue weighted by Crippen LogP contribution is 2.39. The third kappa shape index (κ3) is 3.86. The maximum atomic E-state index is 12.5. The summed E-state index contributed by atoms with van der Waals surface area (Å²) in [6.45, 7) is 2.10. The van der Waals surface area contributed by atoms with Gasteiger partial charge >= 0.3 is 6.03 Å². The van der Waals surface area contributed by atoms with Gasteiger partial charge in [-0.2, -0.15) is 0 Å². The van der Waals surface area contributed by atoms with E-state index in [1.807, 2.05) is 0 Å². The van der Waals surface area contributed by atoms with Crippen LogP contribution in [0.25, 0.3) is 0 Å². The van der Waals surface area contributed by atoms with Crippen LogP contribution < -0.4 is 10.6 Å². The lowest BCUT2D eigenvalue weighted by Crippen LogP contribution is -2.51. The predicted molar refractivity (Wildman–Crippen MR) is 91.3 cm³/mol. The van der Waals surface area contributed by atoms with E-state index in [9.17, 15) is 9.90 Å². The third-order valence-corrected chi connectivity index (χ3v) is 5.41. The van der Waals surface area contributed by atoms with Crippen molar-refractivity contribution in [3.63, 3.8) is 0 Å². The maximum Gasteiger partial charge on any atom is 0.315 e. The van der Waals surface area contributed by atoms with Gasteiger partial charge in [0.25, 0.3) is 0 Å². The first kappa shape index (κ1) is 16.3. The van der Waals surface area contributed by atoms with E-state index in [-0.39, 0.29) is 23.7 Å². The predicted octanol–water partition coefficient (Wildman–Crippen LogP) is 3.37. The summed E-state index contributed by atoms with van der Waals surface area (Å²) in [4.78, 5) is 12.5. The van der Waals surface area contributed by atoms with Gasteiger partial charge in [-0.3, -0.25) is 0 Å². The molecule has 23 heavy (non-hydrogen) atoms. The normalized spacial score (nSPS) is 26.7. The fraction of sp³-hybridized carbons (Fsp3) is 0.632. The lowest BCUT2D eigenvalue weighted by atomic mass is 9.87. The van der Waals surface area contributed by atoms with Crippen molar-refractivity contribution in [3.05, 3.63) is 35.4 Å². The molecule has 0 aliphatic heterocycles. The number of hydrogen-bond acceptors (Lipinski definition) is 2. The Morgan fingerprint density at radius 1 is 1.17 bits per heavy atom. The molecule has 0 heterocycles. The number of benzene rings is 1. The number of rotatable bonds is 3. The van der Waals surface area contributed by atoms with Crippen LogP contribution in [-0.4, -0.2) is 23.3 Å². The van der Waals surface area contributed by atoms with Gasteiger partial charge in [0.05, 0.1) is 11.6 Å². The number of aliphatic hydroxyl groups is 1. The van der Waals surface area contributed by atoms with Gasteiger partial charge in [-0.1, -0.05) is 42.7 Å². The zero-order valence-electron chi connectivity index (χ0n) is 14.0. The lowest BCUT2D eigenvalue weighted by molar-refractivity contribution is 0.117. The minimum Gasteiger partial charge on any atom is -0.393 e. The first-order valence-corrected chi connectivity index (χ1v) is 8.91. The van der Waals surface area contributed by atoms with E-state index < -0.39 is 0 Å². The topological polar surface area (TPSA) is 61.4 Å². The van der Waals surface area contributed by atoms with Crippen LogP contribution in [0.1, 0.15) is 62.5 Å². The van der Waals surface area contributed by atoms with E-state index in [1.54, 1.807) is 0 Å². The molecule has 2 amide bonds. The number of urea groups is 1. The van der Waals surface area contributed by atoms with Crippen LogP contribution in [0.2, 0.25) is 0 Å². The molecular weight excluding hydrogens is 288 g/mol. The maximum absolute atomic E-state index is 12.5. The van der Waals surface area contributed by atoms with Gasteiger partial charge in [0, 0.05) is 6.04 Å². The fourth-order valence-electron chi connectivity index (χ4n) is 4.07. The Morgan fingerprint density at radius 3 is 2.52 bits per heavy atom.